The van der Waals surface area contributed by atoms with E-state index in [0.717, 1.165) is 43.9 Å². The molecule has 1 aromatic heterocycles. The Morgan fingerprint density at radius 2 is 1.67 bits per heavy atom. The lowest BCUT2D eigenvalue weighted by Crippen LogP contribution is -2.49. The van der Waals surface area contributed by atoms with E-state index in [1.807, 2.05) is 17.0 Å². The molecule has 1 saturated heterocycles. The average Bonchev–Trinajstić information content (AvgIpc) is 3.43. The number of anilines is 1. The van der Waals surface area contributed by atoms with Crippen LogP contribution in [0, 0.1) is 11.7 Å². The second-order valence-corrected chi connectivity index (χ2v) is 6.52. The molecule has 2 fully saturated rings. The van der Waals surface area contributed by atoms with Crippen LogP contribution in [0.1, 0.15) is 17.9 Å². The Hall–Kier alpha value is -2.43. The SMILES string of the molecule is O=C(C1CC1c1ccc(F)cc1)N1CCN(c2ccncc2)CC1. The Bertz CT molecular complexity index is 711. The summed E-state index contributed by atoms with van der Waals surface area (Å²) in [5, 5.41) is 0. The third-order valence-corrected chi connectivity index (χ3v) is 5.03. The van der Waals surface area contributed by atoms with Gasteiger partial charge in [0.25, 0.3) is 0 Å². The fourth-order valence-electron chi connectivity index (χ4n) is 3.52. The lowest BCUT2D eigenvalue weighted by Gasteiger charge is -2.36. The number of hydrogen-bond donors (Lipinski definition) is 0. The smallest absolute Gasteiger partial charge is 0.226 e. The number of hydrogen-bond acceptors (Lipinski definition) is 3. The van der Waals surface area contributed by atoms with Crippen LogP contribution in [0.15, 0.2) is 48.8 Å². The predicted octanol–water partition coefficient (Wildman–Crippen LogP) is 2.67. The van der Waals surface area contributed by atoms with Crippen molar-refractivity contribution >= 4 is 11.6 Å². The molecule has 0 bridgehead atoms. The number of carbonyl (C=O) groups is 1. The van der Waals surface area contributed by atoms with Gasteiger partial charge in [-0.2, -0.15) is 0 Å². The van der Waals surface area contributed by atoms with E-state index in [0.29, 0.717) is 0 Å². The zero-order chi connectivity index (χ0) is 16.5. The van der Waals surface area contributed by atoms with Crippen molar-refractivity contribution in [2.45, 2.75) is 12.3 Å². The lowest BCUT2D eigenvalue weighted by molar-refractivity contribution is -0.132. The minimum Gasteiger partial charge on any atom is -0.368 e. The first kappa shape index (κ1) is 15.1. The largest absolute Gasteiger partial charge is 0.368 e. The molecule has 24 heavy (non-hydrogen) atoms. The summed E-state index contributed by atoms with van der Waals surface area (Å²) >= 11 is 0. The molecule has 5 heteroatoms. The Kier molecular flexibility index (Phi) is 3.92. The van der Waals surface area contributed by atoms with Gasteiger partial charge >= 0.3 is 0 Å². The zero-order valence-electron chi connectivity index (χ0n) is 13.4. The number of nitrogens with zero attached hydrogens (tertiary/aromatic N) is 3. The summed E-state index contributed by atoms with van der Waals surface area (Å²) in [4.78, 5) is 21.0. The summed E-state index contributed by atoms with van der Waals surface area (Å²) < 4.78 is 13.0. The molecule has 2 aromatic rings. The minimum absolute atomic E-state index is 0.0722. The van der Waals surface area contributed by atoms with Crippen LogP contribution in [0.25, 0.3) is 0 Å². The maximum atomic E-state index is 13.0. The quantitative estimate of drug-likeness (QED) is 0.870. The average molecular weight is 325 g/mol. The molecule has 1 aliphatic heterocycles. The number of piperazine rings is 1. The molecule has 2 unspecified atom stereocenters. The maximum Gasteiger partial charge on any atom is 0.226 e. The van der Waals surface area contributed by atoms with E-state index in [1.165, 1.54) is 12.1 Å². The highest BCUT2D eigenvalue weighted by atomic mass is 19.1. The van der Waals surface area contributed by atoms with Gasteiger partial charge in [-0.05, 0) is 42.2 Å². The molecule has 2 heterocycles. The molecule has 2 aliphatic rings. The van der Waals surface area contributed by atoms with E-state index in [9.17, 15) is 9.18 Å². The lowest BCUT2D eigenvalue weighted by atomic mass is 10.1. The van der Waals surface area contributed by atoms with Crippen molar-refractivity contribution in [3.8, 4) is 0 Å². The Labute approximate surface area is 140 Å². The molecule has 0 spiro atoms. The van der Waals surface area contributed by atoms with Gasteiger partial charge in [0.2, 0.25) is 5.91 Å². The Balaban J connectivity index is 1.33. The van der Waals surface area contributed by atoms with Crippen LogP contribution in [0.2, 0.25) is 0 Å². The van der Waals surface area contributed by atoms with Gasteiger partial charge in [-0.1, -0.05) is 12.1 Å². The molecule has 2 atom stereocenters. The first-order valence-corrected chi connectivity index (χ1v) is 8.41. The molecule has 0 N–H and O–H groups in total. The highest BCUT2D eigenvalue weighted by molar-refractivity contribution is 5.83. The van der Waals surface area contributed by atoms with Gasteiger partial charge in [0.05, 0.1) is 0 Å². The summed E-state index contributed by atoms with van der Waals surface area (Å²) in [5.74, 6) is 0.354. The number of pyridine rings is 1. The maximum absolute atomic E-state index is 13.0. The normalized spacial score (nSPS) is 23.2. The topological polar surface area (TPSA) is 36.4 Å². The van der Waals surface area contributed by atoms with E-state index in [1.54, 1.807) is 24.5 Å². The molecular formula is C19H20FN3O. The Morgan fingerprint density at radius 1 is 1.00 bits per heavy atom. The van der Waals surface area contributed by atoms with E-state index in [-0.39, 0.29) is 23.6 Å². The van der Waals surface area contributed by atoms with Crippen LogP contribution >= 0.6 is 0 Å². The number of rotatable bonds is 3. The molecule has 124 valence electrons. The molecule has 1 aliphatic carbocycles. The van der Waals surface area contributed by atoms with Gasteiger partial charge in [-0.25, -0.2) is 4.39 Å². The third-order valence-electron chi connectivity index (χ3n) is 5.03. The van der Waals surface area contributed by atoms with Crippen molar-refractivity contribution in [2.75, 3.05) is 31.1 Å². The first-order chi connectivity index (χ1) is 11.7. The van der Waals surface area contributed by atoms with Crippen LogP contribution < -0.4 is 4.90 Å². The zero-order valence-corrected chi connectivity index (χ0v) is 13.4. The van der Waals surface area contributed by atoms with E-state index in [2.05, 4.69) is 9.88 Å². The summed E-state index contributed by atoms with van der Waals surface area (Å²) in [6.07, 6.45) is 4.48. The number of halogens is 1. The number of amides is 1. The predicted molar refractivity (Wildman–Crippen MR) is 90.3 cm³/mol. The molecular weight excluding hydrogens is 305 g/mol. The highest BCUT2D eigenvalue weighted by Crippen LogP contribution is 2.48. The number of carbonyl (C=O) groups excluding carboxylic acids is 1. The van der Waals surface area contributed by atoms with Gasteiger partial charge in [0, 0.05) is 50.2 Å². The summed E-state index contributed by atoms with van der Waals surface area (Å²) in [7, 11) is 0. The van der Waals surface area contributed by atoms with Crippen molar-refractivity contribution in [1.82, 2.24) is 9.88 Å². The van der Waals surface area contributed by atoms with Crippen molar-refractivity contribution < 1.29 is 9.18 Å². The van der Waals surface area contributed by atoms with Crippen molar-refractivity contribution in [2.24, 2.45) is 5.92 Å². The number of aromatic nitrogens is 1. The van der Waals surface area contributed by atoms with Crippen LogP contribution in [0.3, 0.4) is 0 Å². The van der Waals surface area contributed by atoms with Gasteiger partial charge in [0.1, 0.15) is 5.82 Å². The van der Waals surface area contributed by atoms with Crippen LogP contribution in [0.5, 0.6) is 0 Å². The van der Waals surface area contributed by atoms with Gasteiger partial charge in [-0.3, -0.25) is 9.78 Å². The van der Waals surface area contributed by atoms with E-state index in [4.69, 9.17) is 0 Å². The molecule has 0 radical (unpaired) electrons. The standard InChI is InChI=1S/C19H20FN3O/c20-15-3-1-14(2-4-15)17-13-18(17)19(24)23-11-9-22(10-12-23)16-5-7-21-8-6-16/h1-8,17-18H,9-13H2. The molecule has 1 saturated carbocycles. The molecule has 4 nitrogen and oxygen atoms in total. The van der Waals surface area contributed by atoms with Crippen LogP contribution in [-0.4, -0.2) is 42.0 Å². The van der Waals surface area contributed by atoms with Gasteiger partial charge in [-0.15, -0.1) is 0 Å². The summed E-state index contributed by atoms with van der Waals surface area (Å²) in [6.45, 7) is 3.22. The van der Waals surface area contributed by atoms with Crippen molar-refractivity contribution in [3.63, 3.8) is 0 Å². The minimum atomic E-state index is -0.227. The third kappa shape index (κ3) is 2.98. The first-order valence-electron chi connectivity index (χ1n) is 8.41. The van der Waals surface area contributed by atoms with Gasteiger partial charge < -0.3 is 9.80 Å². The van der Waals surface area contributed by atoms with E-state index < -0.39 is 0 Å². The van der Waals surface area contributed by atoms with Crippen LogP contribution in [-0.2, 0) is 4.79 Å². The summed E-state index contributed by atoms with van der Waals surface area (Å²) in [6, 6.07) is 10.6. The van der Waals surface area contributed by atoms with Crippen molar-refractivity contribution in [1.29, 1.82) is 0 Å². The summed E-state index contributed by atoms with van der Waals surface area (Å²) in [5.41, 5.74) is 2.23. The molecule has 1 amide bonds. The van der Waals surface area contributed by atoms with E-state index >= 15 is 0 Å². The fraction of sp³-hybridized carbons (Fsp3) is 0.368. The van der Waals surface area contributed by atoms with Gasteiger partial charge in [0.15, 0.2) is 0 Å². The Morgan fingerprint density at radius 3 is 2.33 bits per heavy atom. The highest BCUT2D eigenvalue weighted by Gasteiger charge is 2.46. The van der Waals surface area contributed by atoms with Crippen molar-refractivity contribution in [3.05, 3.63) is 60.2 Å². The van der Waals surface area contributed by atoms with Crippen LogP contribution in [0.4, 0.5) is 10.1 Å². The molecule has 1 aromatic carbocycles. The molecule has 4 rings (SSSR count). The number of benzene rings is 1. The second kappa shape index (κ2) is 6.23. The second-order valence-electron chi connectivity index (χ2n) is 6.52. The fourth-order valence-corrected chi connectivity index (χ4v) is 3.52. The monoisotopic (exact) mass is 325 g/mol.